The van der Waals surface area contributed by atoms with E-state index in [1.807, 2.05) is 30.5 Å². The third-order valence-electron chi connectivity index (χ3n) is 3.04. The Labute approximate surface area is 128 Å². The number of rotatable bonds is 5. The molecule has 2 rings (SSSR count). The van der Waals surface area contributed by atoms with Crippen LogP contribution in [0.1, 0.15) is 5.56 Å². The number of thioether (sulfide) groups is 1. The van der Waals surface area contributed by atoms with Gasteiger partial charge in [0.15, 0.2) is 0 Å². The zero-order chi connectivity index (χ0) is 15.5. The Morgan fingerprint density at radius 3 is 2.43 bits per heavy atom. The van der Waals surface area contributed by atoms with Crippen LogP contribution in [0.25, 0.3) is 0 Å². The number of pyridine rings is 1. The van der Waals surface area contributed by atoms with Crippen molar-refractivity contribution in [2.75, 3.05) is 13.3 Å². The van der Waals surface area contributed by atoms with Gasteiger partial charge in [-0.2, -0.15) is 4.31 Å². The molecule has 1 N–H and O–H groups in total. The zero-order valence-corrected chi connectivity index (χ0v) is 13.4. The third-order valence-corrected chi connectivity index (χ3v) is 5.61. The van der Waals surface area contributed by atoms with E-state index in [1.54, 1.807) is 11.8 Å². The first-order chi connectivity index (χ1) is 9.95. The summed E-state index contributed by atoms with van der Waals surface area (Å²) in [7, 11) is -2.34. The number of aromatic amines is 1. The van der Waals surface area contributed by atoms with E-state index in [2.05, 4.69) is 4.98 Å². The molecule has 0 aliphatic carbocycles. The van der Waals surface area contributed by atoms with Crippen LogP contribution in [0.5, 0.6) is 0 Å². The molecule has 0 spiro atoms. The number of benzene rings is 1. The van der Waals surface area contributed by atoms with Gasteiger partial charge in [0.2, 0.25) is 15.5 Å². The van der Waals surface area contributed by atoms with Crippen molar-refractivity contribution in [2.24, 2.45) is 0 Å². The standard InChI is InChI=1S/C14H16N2O3S2/c1-16(10-11-3-5-12(20-2)6-4-11)21(18,19)14-9-15-8-7-13(14)17/h3-9H,10H2,1-2H3,(H,15,17). The van der Waals surface area contributed by atoms with Gasteiger partial charge in [-0.15, -0.1) is 11.8 Å². The number of nitrogens with zero attached hydrogens (tertiary/aromatic N) is 1. The van der Waals surface area contributed by atoms with E-state index in [-0.39, 0.29) is 11.4 Å². The summed E-state index contributed by atoms with van der Waals surface area (Å²) < 4.78 is 25.9. The fourth-order valence-electron chi connectivity index (χ4n) is 1.84. The van der Waals surface area contributed by atoms with Gasteiger partial charge >= 0.3 is 0 Å². The van der Waals surface area contributed by atoms with E-state index >= 15 is 0 Å². The molecular formula is C14H16N2O3S2. The quantitative estimate of drug-likeness (QED) is 0.853. The average Bonchev–Trinajstić information content (AvgIpc) is 2.48. The Balaban J connectivity index is 2.24. The second kappa shape index (κ2) is 6.46. The summed E-state index contributed by atoms with van der Waals surface area (Å²) in [5.41, 5.74) is 0.351. The molecule has 2 aromatic rings. The second-order valence-corrected chi connectivity index (χ2v) is 7.37. The minimum absolute atomic E-state index is 0.214. The van der Waals surface area contributed by atoms with Gasteiger partial charge in [-0.3, -0.25) is 4.79 Å². The maximum atomic E-state index is 12.4. The van der Waals surface area contributed by atoms with E-state index < -0.39 is 15.5 Å². The van der Waals surface area contributed by atoms with Crippen LogP contribution in [-0.4, -0.2) is 31.0 Å². The van der Waals surface area contributed by atoms with Crippen molar-refractivity contribution in [1.82, 2.24) is 9.29 Å². The molecule has 0 atom stereocenters. The van der Waals surface area contributed by atoms with Crippen LogP contribution in [0.3, 0.4) is 0 Å². The summed E-state index contributed by atoms with van der Waals surface area (Å²) in [6, 6.07) is 8.85. The zero-order valence-electron chi connectivity index (χ0n) is 11.7. The predicted molar refractivity (Wildman–Crippen MR) is 83.9 cm³/mol. The minimum Gasteiger partial charge on any atom is -0.366 e. The Morgan fingerprint density at radius 2 is 1.86 bits per heavy atom. The number of hydrogen-bond donors (Lipinski definition) is 1. The van der Waals surface area contributed by atoms with Crippen LogP contribution in [0, 0.1) is 0 Å². The molecule has 0 aliphatic rings. The molecule has 5 nitrogen and oxygen atoms in total. The van der Waals surface area contributed by atoms with Gasteiger partial charge in [-0.05, 0) is 24.0 Å². The van der Waals surface area contributed by atoms with Gasteiger partial charge in [0, 0.05) is 36.9 Å². The summed E-state index contributed by atoms with van der Waals surface area (Å²) >= 11 is 1.62. The Bertz CT molecular complexity index is 767. The van der Waals surface area contributed by atoms with Crippen molar-refractivity contribution in [3.8, 4) is 0 Å². The van der Waals surface area contributed by atoms with Gasteiger partial charge in [0.25, 0.3) is 0 Å². The molecule has 1 aromatic heterocycles. The fourth-order valence-corrected chi connectivity index (χ4v) is 3.45. The van der Waals surface area contributed by atoms with E-state index in [9.17, 15) is 13.2 Å². The normalized spacial score (nSPS) is 11.8. The second-order valence-electron chi connectivity index (χ2n) is 4.48. The van der Waals surface area contributed by atoms with E-state index in [0.717, 1.165) is 10.5 Å². The molecule has 7 heteroatoms. The lowest BCUT2D eigenvalue weighted by Gasteiger charge is -2.16. The number of aromatic nitrogens is 1. The lowest BCUT2D eigenvalue weighted by atomic mass is 10.2. The fraction of sp³-hybridized carbons (Fsp3) is 0.214. The number of hydrogen-bond acceptors (Lipinski definition) is 4. The largest absolute Gasteiger partial charge is 0.366 e. The minimum atomic E-state index is -3.80. The maximum Gasteiger partial charge on any atom is 0.248 e. The molecule has 0 fully saturated rings. The molecule has 1 heterocycles. The maximum absolute atomic E-state index is 12.4. The molecule has 0 unspecified atom stereocenters. The first kappa shape index (κ1) is 15.8. The number of sulfonamides is 1. The number of H-pyrrole nitrogens is 1. The SMILES string of the molecule is CSc1ccc(CN(C)S(=O)(=O)c2c[nH]ccc2=O)cc1. The van der Waals surface area contributed by atoms with Crippen LogP contribution in [0.2, 0.25) is 0 Å². The van der Waals surface area contributed by atoms with Gasteiger partial charge in [0.05, 0.1) is 0 Å². The summed E-state index contributed by atoms with van der Waals surface area (Å²) in [5.74, 6) is 0. The molecule has 21 heavy (non-hydrogen) atoms. The molecular weight excluding hydrogens is 308 g/mol. The van der Waals surface area contributed by atoms with E-state index in [4.69, 9.17) is 0 Å². The number of nitrogens with one attached hydrogen (secondary N) is 1. The summed E-state index contributed by atoms with van der Waals surface area (Å²) in [4.78, 5) is 15.2. The van der Waals surface area contributed by atoms with E-state index in [0.29, 0.717) is 0 Å². The van der Waals surface area contributed by atoms with Gasteiger partial charge in [0.1, 0.15) is 4.90 Å². The highest BCUT2D eigenvalue weighted by Gasteiger charge is 2.23. The molecule has 1 aromatic carbocycles. The highest BCUT2D eigenvalue weighted by atomic mass is 32.2. The van der Waals surface area contributed by atoms with Crippen molar-refractivity contribution in [1.29, 1.82) is 0 Å². The Hall–Kier alpha value is -1.57. The molecule has 0 bridgehead atoms. The van der Waals surface area contributed by atoms with Crippen molar-refractivity contribution in [2.45, 2.75) is 16.3 Å². The van der Waals surface area contributed by atoms with E-state index in [1.165, 1.54) is 29.8 Å². The molecule has 0 saturated heterocycles. The van der Waals surface area contributed by atoms with Crippen molar-refractivity contribution in [3.05, 3.63) is 58.5 Å². The predicted octanol–water partition coefficient (Wildman–Crippen LogP) is 1.92. The van der Waals surface area contributed by atoms with Crippen LogP contribution >= 0.6 is 11.8 Å². The third kappa shape index (κ3) is 3.55. The monoisotopic (exact) mass is 324 g/mol. The van der Waals surface area contributed by atoms with Gasteiger partial charge in [-0.25, -0.2) is 8.42 Å². The summed E-state index contributed by atoms with van der Waals surface area (Å²) in [6.45, 7) is 0.214. The highest BCUT2D eigenvalue weighted by molar-refractivity contribution is 7.98. The molecule has 112 valence electrons. The van der Waals surface area contributed by atoms with Crippen LogP contribution < -0.4 is 5.43 Å². The van der Waals surface area contributed by atoms with Crippen LogP contribution in [0.4, 0.5) is 0 Å². The van der Waals surface area contributed by atoms with Crippen molar-refractivity contribution >= 4 is 21.8 Å². The van der Waals surface area contributed by atoms with Crippen LogP contribution in [-0.2, 0) is 16.6 Å². The van der Waals surface area contributed by atoms with Crippen molar-refractivity contribution in [3.63, 3.8) is 0 Å². The van der Waals surface area contributed by atoms with Crippen molar-refractivity contribution < 1.29 is 8.42 Å². The lowest BCUT2D eigenvalue weighted by Crippen LogP contribution is -2.30. The summed E-state index contributed by atoms with van der Waals surface area (Å²) in [6.07, 6.45) is 4.60. The smallest absolute Gasteiger partial charge is 0.248 e. The van der Waals surface area contributed by atoms with Gasteiger partial charge < -0.3 is 4.98 Å². The Morgan fingerprint density at radius 1 is 1.19 bits per heavy atom. The average molecular weight is 324 g/mol. The topological polar surface area (TPSA) is 70.2 Å². The first-order valence-electron chi connectivity index (χ1n) is 6.21. The highest BCUT2D eigenvalue weighted by Crippen LogP contribution is 2.17. The molecule has 0 saturated carbocycles. The lowest BCUT2D eigenvalue weighted by molar-refractivity contribution is 0.465. The van der Waals surface area contributed by atoms with Crippen LogP contribution in [0.15, 0.2) is 57.3 Å². The first-order valence-corrected chi connectivity index (χ1v) is 8.88. The molecule has 0 amide bonds. The Kier molecular flexibility index (Phi) is 4.87. The summed E-state index contributed by atoms with van der Waals surface area (Å²) in [5, 5.41) is 0. The molecule has 0 aliphatic heterocycles. The molecule has 0 radical (unpaired) electrons. The van der Waals surface area contributed by atoms with Gasteiger partial charge in [-0.1, -0.05) is 12.1 Å².